The SMILES string of the molecule is CC1(C)OB(C(=Cc2csc(N3CCOCC3)n2)CS)OC1(C)C. The summed E-state index contributed by atoms with van der Waals surface area (Å²) in [5.41, 5.74) is 1.23. The number of aromatic nitrogens is 1. The fourth-order valence-electron chi connectivity index (χ4n) is 2.62. The van der Waals surface area contributed by atoms with E-state index in [-0.39, 0.29) is 18.3 Å². The molecule has 3 rings (SSSR count). The van der Waals surface area contributed by atoms with Gasteiger partial charge < -0.3 is 18.9 Å². The van der Waals surface area contributed by atoms with E-state index in [0.717, 1.165) is 42.6 Å². The maximum absolute atomic E-state index is 6.12. The molecule has 0 atom stereocenters. The van der Waals surface area contributed by atoms with E-state index >= 15 is 0 Å². The summed E-state index contributed by atoms with van der Waals surface area (Å²) in [6.07, 6.45) is 2.04. The van der Waals surface area contributed by atoms with E-state index in [1.807, 2.05) is 6.08 Å². The fraction of sp³-hybridized carbons (Fsp3) is 0.688. The maximum Gasteiger partial charge on any atom is 0.491 e. The average molecular weight is 368 g/mol. The van der Waals surface area contributed by atoms with Gasteiger partial charge in [0.2, 0.25) is 0 Å². The highest BCUT2D eigenvalue weighted by Crippen LogP contribution is 2.39. The van der Waals surface area contributed by atoms with Crippen LogP contribution < -0.4 is 4.90 Å². The molecular formula is C16H25BN2O3S2. The van der Waals surface area contributed by atoms with Gasteiger partial charge >= 0.3 is 7.12 Å². The molecule has 2 aliphatic heterocycles. The van der Waals surface area contributed by atoms with Crippen LogP contribution in [0.25, 0.3) is 6.08 Å². The normalized spacial score (nSPS) is 23.8. The Labute approximate surface area is 153 Å². The van der Waals surface area contributed by atoms with Crippen molar-refractivity contribution in [1.29, 1.82) is 0 Å². The summed E-state index contributed by atoms with van der Waals surface area (Å²) >= 11 is 6.12. The monoisotopic (exact) mass is 368 g/mol. The first-order valence-electron chi connectivity index (χ1n) is 8.27. The molecule has 1 aromatic heterocycles. The Kier molecular flexibility index (Phi) is 5.32. The van der Waals surface area contributed by atoms with Crippen LogP contribution in [-0.2, 0) is 14.0 Å². The third-order valence-electron chi connectivity index (χ3n) is 4.86. The van der Waals surface area contributed by atoms with E-state index in [4.69, 9.17) is 19.0 Å². The van der Waals surface area contributed by atoms with Gasteiger partial charge in [-0.05, 0) is 39.2 Å². The van der Waals surface area contributed by atoms with Crippen LogP contribution in [0.5, 0.6) is 0 Å². The van der Waals surface area contributed by atoms with Gasteiger partial charge in [-0.2, -0.15) is 12.6 Å². The summed E-state index contributed by atoms with van der Waals surface area (Å²) in [6, 6.07) is 0. The van der Waals surface area contributed by atoms with Crippen LogP contribution in [-0.4, -0.2) is 55.4 Å². The molecule has 0 saturated carbocycles. The number of rotatable bonds is 4. The van der Waals surface area contributed by atoms with Crippen LogP contribution in [0.4, 0.5) is 5.13 Å². The van der Waals surface area contributed by atoms with Gasteiger partial charge in [0.25, 0.3) is 0 Å². The molecule has 0 bridgehead atoms. The fourth-order valence-corrected chi connectivity index (χ4v) is 3.69. The summed E-state index contributed by atoms with van der Waals surface area (Å²) in [6.45, 7) is 11.6. The zero-order chi connectivity index (χ0) is 17.4. The van der Waals surface area contributed by atoms with E-state index in [9.17, 15) is 0 Å². The van der Waals surface area contributed by atoms with Gasteiger partial charge in [0, 0.05) is 24.2 Å². The van der Waals surface area contributed by atoms with Gasteiger partial charge in [-0.1, -0.05) is 0 Å². The minimum Gasteiger partial charge on any atom is -0.400 e. The van der Waals surface area contributed by atoms with E-state index < -0.39 is 0 Å². The zero-order valence-corrected chi connectivity index (χ0v) is 16.5. The molecule has 0 N–H and O–H groups in total. The molecule has 2 fully saturated rings. The van der Waals surface area contributed by atoms with E-state index in [0.29, 0.717) is 5.75 Å². The summed E-state index contributed by atoms with van der Waals surface area (Å²) < 4.78 is 17.6. The maximum atomic E-state index is 6.12. The minimum absolute atomic E-state index is 0.346. The molecule has 132 valence electrons. The summed E-state index contributed by atoms with van der Waals surface area (Å²) in [4.78, 5) is 7.00. The van der Waals surface area contributed by atoms with Crippen LogP contribution in [0.2, 0.25) is 0 Å². The number of thiazole rings is 1. The Morgan fingerprint density at radius 1 is 1.29 bits per heavy atom. The Balaban J connectivity index is 1.75. The first-order valence-corrected chi connectivity index (χ1v) is 9.79. The van der Waals surface area contributed by atoms with Crippen molar-refractivity contribution in [3.63, 3.8) is 0 Å². The van der Waals surface area contributed by atoms with Gasteiger partial charge in [-0.15, -0.1) is 11.3 Å². The zero-order valence-electron chi connectivity index (χ0n) is 14.7. The highest BCUT2D eigenvalue weighted by Gasteiger charge is 2.52. The molecular weight excluding hydrogens is 343 g/mol. The Bertz CT molecular complexity index is 596. The van der Waals surface area contributed by atoms with Crippen molar-refractivity contribution in [2.24, 2.45) is 0 Å². The molecule has 0 spiro atoms. The lowest BCUT2D eigenvalue weighted by molar-refractivity contribution is 0.00578. The summed E-state index contributed by atoms with van der Waals surface area (Å²) in [5, 5.41) is 3.11. The molecule has 0 unspecified atom stereocenters. The molecule has 2 aliphatic rings. The quantitative estimate of drug-likeness (QED) is 0.654. The molecule has 2 saturated heterocycles. The molecule has 1 aromatic rings. The summed E-state index contributed by atoms with van der Waals surface area (Å²) in [5.74, 6) is 0.571. The van der Waals surface area contributed by atoms with Gasteiger partial charge in [-0.3, -0.25) is 0 Å². The molecule has 0 amide bonds. The highest BCUT2D eigenvalue weighted by molar-refractivity contribution is 7.80. The van der Waals surface area contributed by atoms with E-state index in [1.54, 1.807) is 11.3 Å². The Hall–Kier alpha value is -0.535. The highest BCUT2D eigenvalue weighted by atomic mass is 32.1. The topological polar surface area (TPSA) is 43.8 Å². The molecule has 5 nitrogen and oxygen atoms in total. The number of nitrogens with zero attached hydrogens (tertiary/aromatic N) is 2. The smallest absolute Gasteiger partial charge is 0.400 e. The number of hydrogen-bond donors (Lipinski definition) is 1. The molecule has 8 heteroatoms. The standard InChI is InChI=1S/C16H25BN2O3S2/c1-15(2)16(3,4)22-17(21-15)12(10-23)9-13-11-24-14(18-13)19-5-7-20-8-6-19/h9,11,23H,5-8,10H2,1-4H3. The van der Waals surface area contributed by atoms with Gasteiger partial charge in [0.1, 0.15) is 0 Å². The van der Waals surface area contributed by atoms with Crippen molar-refractivity contribution in [2.75, 3.05) is 37.0 Å². The van der Waals surface area contributed by atoms with Crippen LogP contribution in [0.1, 0.15) is 33.4 Å². The molecule has 0 radical (unpaired) electrons. The van der Waals surface area contributed by atoms with Gasteiger partial charge in [0.15, 0.2) is 5.13 Å². The third-order valence-corrected chi connectivity index (χ3v) is 6.15. The average Bonchev–Trinajstić information content (AvgIpc) is 3.08. The van der Waals surface area contributed by atoms with Crippen molar-refractivity contribution in [1.82, 2.24) is 4.98 Å². The second kappa shape index (κ2) is 7.00. The number of morpholine rings is 1. The predicted octanol–water partition coefficient (Wildman–Crippen LogP) is 2.92. The predicted molar refractivity (Wildman–Crippen MR) is 103 cm³/mol. The molecule has 0 aliphatic carbocycles. The molecule has 24 heavy (non-hydrogen) atoms. The van der Waals surface area contributed by atoms with Crippen molar-refractivity contribution in [3.8, 4) is 0 Å². The van der Waals surface area contributed by atoms with Crippen LogP contribution in [0.15, 0.2) is 10.9 Å². The van der Waals surface area contributed by atoms with Gasteiger partial charge in [0.05, 0.1) is 30.1 Å². The largest absolute Gasteiger partial charge is 0.491 e. The lowest BCUT2D eigenvalue weighted by Crippen LogP contribution is -2.41. The summed E-state index contributed by atoms with van der Waals surface area (Å²) in [7, 11) is -0.374. The van der Waals surface area contributed by atoms with Crippen molar-refractivity contribution >= 4 is 42.3 Å². The second-order valence-electron chi connectivity index (χ2n) is 7.12. The Morgan fingerprint density at radius 3 is 2.50 bits per heavy atom. The minimum atomic E-state index is -0.374. The van der Waals surface area contributed by atoms with Crippen molar-refractivity contribution in [3.05, 3.63) is 16.5 Å². The van der Waals surface area contributed by atoms with Crippen LogP contribution in [0, 0.1) is 0 Å². The first kappa shape index (κ1) is 18.3. The number of anilines is 1. The number of hydrogen-bond acceptors (Lipinski definition) is 7. The first-order chi connectivity index (χ1) is 11.3. The third kappa shape index (κ3) is 3.67. The van der Waals surface area contributed by atoms with E-state index in [2.05, 4.69) is 50.6 Å². The van der Waals surface area contributed by atoms with Crippen molar-refractivity contribution < 1.29 is 14.0 Å². The number of thiol groups is 1. The van der Waals surface area contributed by atoms with Crippen LogP contribution >= 0.6 is 24.0 Å². The van der Waals surface area contributed by atoms with Gasteiger partial charge in [-0.25, -0.2) is 4.98 Å². The van der Waals surface area contributed by atoms with Crippen LogP contribution in [0.3, 0.4) is 0 Å². The lowest BCUT2D eigenvalue weighted by Gasteiger charge is -2.32. The van der Waals surface area contributed by atoms with Crippen molar-refractivity contribution in [2.45, 2.75) is 38.9 Å². The number of ether oxygens (including phenoxy) is 1. The second-order valence-corrected chi connectivity index (χ2v) is 8.27. The Morgan fingerprint density at radius 2 is 1.92 bits per heavy atom. The lowest BCUT2D eigenvalue weighted by atomic mass is 9.79. The molecule has 3 heterocycles. The van der Waals surface area contributed by atoms with E-state index in [1.165, 1.54) is 0 Å². The molecule has 0 aromatic carbocycles.